The summed E-state index contributed by atoms with van der Waals surface area (Å²) in [5.74, 6) is 0.589. The molecule has 3 aromatic rings. The number of hydrogen-bond donors (Lipinski definition) is 1. The number of aryl methyl sites for hydroxylation is 1. The van der Waals surface area contributed by atoms with E-state index in [-0.39, 0.29) is 16.9 Å². The van der Waals surface area contributed by atoms with Gasteiger partial charge in [0.15, 0.2) is 9.84 Å². The van der Waals surface area contributed by atoms with Crippen molar-refractivity contribution >= 4 is 15.7 Å². The van der Waals surface area contributed by atoms with E-state index in [4.69, 9.17) is 4.42 Å². The lowest BCUT2D eigenvalue weighted by Gasteiger charge is -2.34. The second kappa shape index (κ2) is 11.1. The van der Waals surface area contributed by atoms with Crippen LogP contribution in [-0.2, 0) is 22.1 Å². The summed E-state index contributed by atoms with van der Waals surface area (Å²) in [7, 11) is -3.32. The zero-order chi connectivity index (χ0) is 25.8. The van der Waals surface area contributed by atoms with Gasteiger partial charge in [-0.3, -0.25) is 9.78 Å². The number of oxazole rings is 1. The molecule has 0 atom stereocenters. The number of benzene rings is 1. The van der Waals surface area contributed by atoms with Crippen molar-refractivity contribution in [2.75, 3.05) is 13.1 Å². The van der Waals surface area contributed by atoms with E-state index in [1.807, 2.05) is 12.1 Å². The van der Waals surface area contributed by atoms with E-state index in [1.165, 1.54) is 12.8 Å². The molecule has 0 unspecified atom stereocenters. The molecule has 0 radical (unpaired) electrons. The molecular weight excluding hydrogens is 488 g/mol. The van der Waals surface area contributed by atoms with Crippen LogP contribution in [0.15, 0.2) is 53.2 Å². The smallest absolute Gasteiger partial charge is 0.251 e. The lowest BCUT2D eigenvalue weighted by molar-refractivity contribution is 0.0951. The van der Waals surface area contributed by atoms with Gasteiger partial charge in [-0.25, -0.2) is 13.4 Å². The van der Waals surface area contributed by atoms with Crippen LogP contribution in [-0.4, -0.2) is 53.6 Å². The number of nitrogens with zero attached hydrogens (tertiary/aromatic N) is 3. The largest absolute Gasteiger partial charge is 0.441 e. The van der Waals surface area contributed by atoms with Crippen LogP contribution in [0.1, 0.15) is 65.9 Å². The first-order valence-electron chi connectivity index (χ1n) is 13.1. The lowest BCUT2D eigenvalue weighted by atomic mass is 9.94. The predicted octanol–water partition coefficient (Wildman–Crippen LogP) is 4.30. The van der Waals surface area contributed by atoms with Gasteiger partial charge in [-0.05, 0) is 94.4 Å². The molecule has 1 aliphatic heterocycles. The number of amides is 1. The Morgan fingerprint density at radius 2 is 1.81 bits per heavy atom. The van der Waals surface area contributed by atoms with E-state index in [9.17, 15) is 13.2 Å². The van der Waals surface area contributed by atoms with Crippen LogP contribution in [0.25, 0.3) is 11.5 Å². The molecule has 0 bridgehead atoms. The maximum atomic E-state index is 13.2. The fourth-order valence-corrected chi connectivity index (χ4v) is 7.30. The average molecular weight is 523 g/mol. The van der Waals surface area contributed by atoms with Crippen molar-refractivity contribution in [2.24, 2.45) is 0 Å². The standard InChI is InChI=1S/C28H34N4O4S/c1-20-26(19-37(34,35)25-12-10-24(11-13-25)32-15-2-3-16-32)31-28(36-20)23-8-6-22(7-9-23)27(33)30-18-21-5-4-14-29-17-21/h4-9,14,17,24-25H,2-3,10-13,15-16,18-19H2,1H3,(H,30,33)/t24-,25+. The summed E-state index contributed by atoms with van der Waals surface area (Å²) in [5.41, 5.74) is 2.60. The monoisotopic (exact) mass is 522 g/mol. The minimum absolute atomic E-state index is 0.101. The van der Waals surface area contributed by atoms with Gasteiger partial charge in [0.2, 0.25) is 5.89 Å². The van der Waals surface area contributed by atoms with Crippen LogP contribution in [0.2, 0.25) is 0 Å². The summed E-state index contributed by atoms with van der Waals surface area (Å²) in [6, 6.07) is 11.2. The Labute approximate surface area is 218 Å². The molecule has 0 spiro atoms. The van der Waals surface area contributed by atoms with Gasteiger partial charge < -0.3 is 14.6 Å². The number of carbonyl (C=O) groups excluding carboxylic acids is 1. The molecule has 1 saturated heterocycles. The first kappa shape index (κ1) is 25.6. The number of likely N-dealkylation sites (tertiary alicyclic amines) is 1. The molecule has 2 aliphatic rings. The third kappa shape index (κ3) is 6.10. The Bertz CT molecular complexity index is 1310. The summed E-state index contributed by atoms with van der Waals surface area (Å²) >= 11 is 0. The zero-order valence-electron chi connectivity index (χ0n) is 21.2. The molecule has 37 heavy (non-hydrogen) atoms. The van der Waals surface area contributed by atoms with E-state index < -0.39 is 9.84 Å². The summed E-state index contributed by atoms with van der Waals surface area (Å²) in [6.07, 6.45) is 9.27. The maximum Gasteiger partial charge on any atom is 0.251 e. The molecule has 1 aliphatic carbocycles. The number of aromatic nitrogens is 2. The van der Waals surface area contributed by atoms with Gasteiger partial charge >= 0.3 is 0 Å². The van der Waals surface area contributed by atoms with E-state index in [2.05, 4.69) is 20.2 Å². The highest BCUT2D eigenvalue weighted by atomic mass is 32.2. The van der Waals surface area contributed by atoms with Crippen molar-refractivity contribution < 1.29 is 17.6 Å². The average Bonchev–Trinajstić information content (AvgIpc) is 3.58. The van der Waals surface area contributed by atoms with Crippen LogP contribution in [0.5, 0.6) is 0 Å². The number of carbonyl (C=O) groups is 1. The number of rotatable bonds is 8. The van der Waals surface area contributed by atoms with Gasteiger partial charge in [0.1, 0.15) is 5.76 Å². The topological polar surface area (TPSA) is 105 Å². The first-order chi connectivity index (χ1) is 17.9. The highest BCUT2D eigenvalue weighted by Gasteiger charge is 2.34. The molecule has 1 N–H and O–H groups in total. The van der Waals surface area contributed by atoms with Crippen molar-refractivity contribution in [3.8, 4) is 11.5 Å². The summed E-state index contributed by atoms with van der Waals surface area (Å²) in [6.45, 7) is 4.46. The third-order valence-electron chi connectivity index (χ3n) is 7.61. The number of sulfone groups is 1. The van der Waals surface area contributed by atoms with Crippen LogP contribution < -0.4 is 5.32 Å². The maximum absolute atomic E-state index is 13.2. The van der Waals surface area contributed by atoms with Crippen LogP contribution in [0.4, 0.5) is 0 Å². The highest BCUT2D eigenvalue weighted by Crippen LogP contribution is 2.32. The predicted molar refractivity (Wildman–Crippen MR) is 142 cm³/mol. The van der Waals surface area contributed by atoms with Crippen LogP contribution in [0.3, 0.4) is 0 Å². The normalized spacial score (nSPS) is 20.7. The molecule has 1 aromatic carbocycles. The Morgan fingerprint density at radius 1 is 1.08 bits per heavy atom. The van der Waals surface area contributed by atoms with Gasteiger partial charge in [-0.1, -0.05) is 6.07 Å². The third-order valence-corrected chi connectivity index (χ3v) is 9.77. The molecule has 196 valence electrons. The highest BCUT2D eigenvalue weighted by molar-refractivity contribution is 7.91. The Balaban J connectivity index is 1.19. The Kier molecular flexibility index (Phi) is 7.71. The quantitative estimate of drug-likeness (QED) is 0.470. The molecule has 9 heteroatoms. The van der Waals surface area contributed by atoms with E-state index in [1.54, 1.807) is 43.6 Å². The molecule has 3 heterocycles. The fraction of sp³-hybridized carbons (Fsp3) is 0.464. The molecule has 8 nitrogen and oxygen atoms in total. The van der Waals surface area contributed by atoms with Crippen molar-refractivity contribution in [1.29, 1.82) is 0 Å². The SMILES string of the molecule is Cc1oc(-c2ccc(C(=O)NCc3cccnc3)cc2)nc1CS(=O)(=O)[C@H]1CC[C@@H](N2CCCC2)CC1. The second-order valence-corrected chi connectivity index (χ2v) is 12.4. The van der Waals surface area contributed by atoms with Crippen molar-refractivity contribution in [2.45, 2.75) is 69.0 Å². The number of pyridine rings is 1. The van der Waals surface area contributed by atoms with Gasteiger partial charge in [-0.2, -0.15) is 0 Å². The van der Waals surface area contributed by atoms with Gasteiger partial charge in [-0.15, -0.1) is 0 Å². The van der Waals surface area contributed by atoms with Crippen LogP contribution in [0, 0.1) is 6.92 Å². The Morgan fingerprint density at radius 3 is 2.49 bits per heavy atom. The molecule has 1 saturated carbocycles. The lowest BCUT2D eigenvalue weighted by Crippen LogP contribution is -2.39. The number of nitrogens with one attached hydrogen (secondary N) is 1. The van der Waals surface area contributed by atoms with Gasteiger partial charge in [0.25, 0.3) is 5.91 Å². The fourth-order valence-electron chi connectivity index (χ4n) is 5.42. The Hall–Kier alpha value is -3.04. The molecule has 2 aromatic heterocycles. The number of hydrogen-bond acceptors (Lipinski definition) is 7. The zero-order valence-corrected chi connectivity index (χ0v) is 22.0. The van der Waals surface area contributed by atoms with Crippen molar-refractivity contribution in [1.82, 2.24) is 20.2 Å². The second-order valence-electron chi connectivity index (χ2n) is 10.1. The summed E-state index contributed by atoms with van der Waals surface area (Å²) < 4.78 is 32.3. The molecule has 2 fully saturated rings. The van der Waals surface area contributed by atoms with E-state index in [0.717, 1.165) is 44.3 Å². The molecular formula is C28H34N4O4S. The minimum atomic E-state index is -3.32. The summed E-state index contributed by atoms with van der Waals surface area (Å²) in [4.78, 5) is 23.6. The van der Waals surface area contributed by atoms with Crippen molar-refractivity contribution in [3.63, 3.8) is 0 Å². The van der Waals surface area contributed by atoms with E-state index >= 15 is 0 Å². The first-order valence-corrected chi connectivity index (χ1v) is 14.8. The van der Waals surface area contributed by atoms with Crippen LogP contribution >= 0.6 is 0 Å². The molecule has 5 rings (SSSR count). The summed E-state index contributed by atoms with van der Waals surface area (Å²) in [5, 5.41) is 2.57. The van der Waals surface area contributed by atoms with Crippen molar-refractivity contribution in [3.05, 3.63) is 71.4 Å². The molecule has 1 amide bonds. The van der Waals surface area contributed by atoms with E-state index in [0.29, 0.717) is 41.1 Å². The van der Waals surface area contributed by atoms with Gasteiger partial charge in [0.05, 0.1) is 16.7 Å². The minimum Gasteiger partial charge on any atom is -0.441 e. The van der Waals surface area contributed by atoms with Gasteiger partial charge in [0, 0.05) is 36.1 Å².